The van der Waals surface area contributed by atoms with Crippen molar-refractivity contribution in [3.8, 4) is 11.5 Å². The maximum absolute atomic E-state index is 10.2. The molecule has 19 heavy (non-hydrogen) atoms. The van der Waals surface area contributed by atoms with Crippen LogP contribution in [0.15, 0.2) is 12.1 Å². The van der Waals surface area contributed by atoms with Crippen molar-refractivity contribution in [1.29, 1.82) is 0 Å². The summed E-state index contributed by atoms with van der Waals surface area (Å²) in [5.41, 5.74) is 2.11. The van der Waals surface area contributed by atoms with Gasteiger partial charge in [-0.2, -0.15) is 0 Å². The Hall–Kier alpha value is -1.26. The number of aryl methyl sites for hydroxylation is 1. The average molecular weight is 266 g/mol. The van der Waals surface area contributed by atoms with E-state index in [2.05, 4.69) is 43.9 Å². The molecule has 0 unspecified atom stereocenters. The standard InChI is InChI=1S/C15H26N2O2/c1-6-12-9-13(15(18)14(10-12)19-5)11-17(4)8-7-16(2)3/h9-10,18H,6-8,11H2,1-5H3. The van der Waals surface area contributed by atoms with E-state index in [1.807, 2.05) is 6.07 Å². The van der Waals surface area contributed by atoms with Crippen molar-refractivity contribution in [3.05, 3.63) is 23.3 Å². The molecule has 1 aromatic rings. The first kappa shape index (κ1) is 15.8. The van der Waals surface area contributed by atoms with Crippen LogP contribution in [0.2, 0.25) is 0 Å². The first-order valence-electron chi connectivity index (χ1n) is 6.70. The molecule has 0 aliphatic carbocycles. The van der Waals surface area contributed by atoms with Crippen LogP contribution in [0.25, 0.3) is 0 Å². The molecule has 1 rings (SSSR count). The van der Waals surface area contributed by atoms with Gasteiger partial charge in [0.2, 0.25) is 0 Å². The third-order valence-electron chi connectivity index (χ3n) is 3.21. The third kappa shape index (κ3) is 4.73. The molecule has 0 aromatic heterocycles. The number of aromatic hydroxyl groups is 1. The number of methoxy groups -OCH3 is 1. The second kappa shape index (κ2) is 7.36. The van der Waals surface area contributed by atoms with Crippen LogP contribution in [-0.4, -0.2) is 56.2 Å². The number of nitrogens with zero attached hydrogens (tertiary/aromatic N) is 2. The molecule has 1 N–H and O–H groups in total. The lowest BCUT2D eigenvalue weighted by molar-refractivity contribution is 0.271. The Morgan fingerprint density at radius 1 is 1.16 bits per heavy atom. The predicted octanol–water partition coefficient (Wildman–Crippen LogP) is 1.96. The van der Waals surface area contributed by atoms with Crippen LogP contribution in [0.4, 0.5) is 0 Å². The minimum absolute atomic E-state index is 0.261. The molecule has 0 saturated heterocycles. The average Bonchev–Trinajstić information content (AvgIpc) is 2.38. The van der Waals surface area contributed by atoms with Crippen molar-refractivity contribution < 1.29 is 9.84 Å². The highest BCUT2D eigenvalue weighted by atomic mass is 16.5. The summed E-state index contributed by atoms with van der Waals surface area (Å²) in [6.07, 6.45) is 0.936. The van der Waals surface area contributed by atoms with E-state index >= 15 is 0 Å². The molecule has 0 fully saturated rings. The lowest BCUT2D eigenvalue weighted by Gasteiger charge is -2.21. The molecule has 108 valence electrons. The molecule has 0 aliphatic rings. The molecule has 0 bridgehead atoms. The smallest absolute Gasteiger partial charge is 0.162 e. The molecule has 0 aliphatic heterocycles. The fraction of sp³-hybridized carbons (Fsp3) is 0.600. The van der Waals surface area contributed by atoms with Crippen LogP contribution in [0.5, 0.6) is 11.5 Å². The first-order chi connectivity index (χ1) is 8.97. The minimum atomic E-state index is 0.261. The largest absolute Gasteiger partial charge is 0.504 e. The van der Waals surface area contributed by atoms with E-state index in [9.17, 15) is 5.11 Å². The lowest BCUT2D eigenvalue weighted by atomic mass is 10.1. The van der Waals surface area contributed by atoms with E-state index in [1.54, 1.807) is 7.11 Å². The number of ether oxygens (including phenoxy) is 1. The topological polar surface area (TPSA) is 35.9 Å². The molecule has 0 radical (unpaired) electrons. The second-order valence-corrected chi connectivity index (χ2v) is 5.20. The number of likely N-dealkylation sites (N-methyl/N-ethyl adjacent to an activating group) is 2. The van der Waals surface area contributed by atoms with Crippen LogP contribution in [0.3, 0.4) is 0 Å². The van der Waals surface area contributed by atoms with Gasteiger partial charge >= 0.3 is 0 Å². The van der Waals surface area contributed by atoms with Gasteiger partial charge in [0.15, 0.2) is 11.5 Å². The summed E-state index contributed by atoms with van der Waals surface area (Å²) < 4.78 is 5.23. The highest BCUT2D eigenvalue weighted by Crippen LogP contribution is 2.32. The fourth-order valence-electron chi connectivity index (χ4n) is 1.95. The van der Waals surface area contributed by atoms with Crippen molar-refractivity contribution in [2.24, 2.45) is 0 Å². The highest BCUT2D eigenvalue weighted by Gasteiger charge is 2.12. The van der Waals surface area contributed by atoms with E-state index < -0.39 is 0 Å². The van der Waals surface area contributed by atoms with Crippen LogP contribution in [-0.2, 0) is 13.0 Å². The molecule has 0 spiro atoms. The number of hydrogen-bond donors (Lipinski definition) is 1. The van der Waals surface area contributed by atoms with Gasteiger partial charge in [-0.3, -0.25) is 0 Å². The summed E-state index contributed by atoms with van der Waals surface area (Å²) >= 11 is 0. The van der Waals surface area contributed by atoms with Gasteiger partial charge in [-0.25, -0.2) is 0 Å². The van der Waals surface area contributed by atoms with Crippen LogP contribution in [0.1, 0.15) is 18.1 Å². The Kier molecular flexibility index (Phi) is 6.12. The van der Waals surface area contributed by atoms with Gasteiger partial charge in [-0.15, -0.1) is 0 Å². The van der Waals surface area contributed by atoms with Crippen molar-refractivity contribution in [2.75, 3.05) is 41.3 Å². The number of hydrogen-bond acceptors (Lipinski definition) is 4. The Labute approximate surface area is 116 Å². The zero-order valence-corrected chi connectivity index (χ0v) is 12.7. The minimum Gasteiger partial charge on any atom is -0.504 e. The monoisotopic (exact) mass is 266 g/mol. The van der Waals surface area contributed by atoms with Crippen molar-refractivity contribution in [3.63, 3.8) is 0 Å². The van der Waals surface area contributed by atoms with Gasteiger partial charge in [-0.1, -0.05) is 13.0 Å². The maximum Gasteiger partial charge on any atom is 0.162 e. The predicted molar refractivity (Wildman–Crippen MR) is 78.9 cm³/mol. The van der Waals surface area contributed by atoms with E-state index in [-0.39, 0.29) is 5.75 Å². The lowest BCUT2D eigenvalue weighted by Crippen LogP contribution is -2.28. The summed E-state index contributed by atoms with van der Waals surface area (Å²) in [5, 5.41) is 10.2. The molecule has 0 amide bonds. The molecule has 1 aromatic carbocycles. The van der Waals surface area contributed by atoms with Crippen molar-refractivity contribution in [2.45, 2.75) is 19.9 Å². The zero-order valence-electron chi connectivity index (χ0n) is 12.7. The zero-order chi connectivity index (χ0) is 14.4. The van der Waals surface area contributed by atoms with Gasteiger partial charge in [0.25, 0.3) is 0 Å². The van der Waals surface area contributed by atoms with Crippen LogP contribution in [0, 0.1) is 0 Å². The maximum atomic E-state index is 10.2. The Bertz CT molecular complexity index is 405. The van der Waals surface area contributed by atoms with Crippen LogP contribution < -0.4 is 4.74 Å². The Morgan fingerprint density at radius 3 is 2.37 bits per heavy atom. The van der Waals surface area contributed by atoms with E-state index in [1.165, 1.54) is 5.56 Å². The van der Waals surface area contributed by atoms with Gasteiger partial charge in [0.05, 0.1) is 7.11 Å². The van der Waals surface area contributed by atoms with Crippen molar-refractivity contribution in [1.82, 2.24) is 9.80 Å². The van der Waals surface area contributed by atoms with E-state index in [0.717, 1.165) is 31.6 Å². The highest BCUT2D eigenvalue weighted by molar-refractivity contribution is 5.48. The molecule has 0 saturated carbocycles. The van der Waals surface area contributed by atoms with Crippen molar-refractivity contribution >= 4 is 0 Å². The molecule has 4 nitrogen and oxygen atoms in total. The molecule has 0 heterocycles. The molecule has 0 atom stereocenters. The second-order valence-electron chi connectivity index (χ2n) is 5.20. The Balaban J connectivity index is 2.81. The van der Waals surface area contributed by atoms with Gasteiger partial charge in [0.1, 0.15) is 0 Å². The van der Waals surface area contributed by atoms with E-state index in [0.29, 0.717) is 5.75 Å². The molecule has 4 heteroatoms. The number of benzene rings is 1. The third-order valence-corrected chi connectivity index (χ3v) is 3.21. The molecular formula is C15H26N2O2. The first-order valence-corrected chi connectivity index (χ1v) is 6.70. The quantitative estimate of drug-likeness (QED) is 0.818. The van der Waals surface area contributed by atoms with Gasteiger partial charge in [-0.05, 0) is 39.2 Å². The van der Waals surface area contributed by atoms with Gasteiger partial charge in [0, 0.05) is 25.2 Å². The number of rotatable bonds is 7. The molecular weight excluding hydrogens is 240 g/mol. The SMILES string of the molecule is CCc1cc(CN(C)CCN(C)C)c(O)c(OC)c1. The summed E-state index contributed by atoms with van der Waals surface area (Å²) in [6.45, 7) is 4.79. The number of phenols is 1. The number of phenolic OH excluding ortho intramolecular Hbond substituents is 1. The summed E-state index contributed by atoms with van der Waals surface area (Å²) in [6, 6.07) is 3.96. The van der Waals surface area contributed by atoms with Crippen LogP contribution >= 0.6 is 0 Å². The summed E-state index contributed by atoms with van der Waals surface area (Å²) in [5.74, 6) is 0.826. The summed E-state index contributed by atoms with van der Waals surface area (Å²) in [7, 11) is 7.78. The van der Waals surface area contributed by atoms with Gasteiger partial charge < -0.3 is 19.6 Å². The van der Waals surface area contributed by atoms with E-state index in [4.69, 9.17) is 4.74 Å². The normalized spacial score (nSPS) is 11.3. The fourth-order valence-corrected chi connectivity index (χ4v) is 1.95. The Morgan fingerprint density at radius 2 is 1.84 bits per heavy atom. The summed E-state index contributed by atoms with van der Waals surface area (Å²) in [4.78, 5) is 4.35.